The molecule has 1 saturated carbocycles. The Kier molecular flexibility index (Phi) is 1.82. The van der Waals surface area contributed by atoms with Gasteiger partial charge in [0.25, 0.3) is 0 Å². The molecule has 1 spiro atoms. The Bertz CT molecular complexity index is 260. The highest BCUT2D eigenvalue weighted by Gasteiger charge is 2.51. The normalized spacial score (nSPS) is 39.9. The second kappa shape index (κ2) is 2.94. The smallest absolute Gasteiger partial charge is 0.220 e. The van der Waals surface area contributed by atoms with Crippen LogP contribution in [0.3, 0.4) is 0 Å². The van der Waals surface area contributed by atoms with Gasteiger partial charge in [-0.25, -0.2) is 0 Å². The van der Waals surface area contributed by atoms with E-state index in [1.54, 1.807) is 0 Å². The number of nitrogens with one attached hydrogen (secondary N) is 1. The first-order chi connectivity index (χ1) is 6.78. The van der Waals surface area contributed by atoms with Gasteiger partial charge >= 0.3 is 0 Å². The van der Waals surface area contributed by atoms with Crippen molar-refractivity contribution in [1.82, 2.24) is 5.32 Å². The molecule has 4 nitrogen and oxygen atoms in total. The zero-order chi connectivity index (χ0) is 9.60. The Hall–Kier alpha value is -0.610. The molecule has 2 atom stereocenters. The van der Waals surface area contributed by atoms with E-state index in [0.29, 0.717) is 25.6 Å². The van der Waals surface area contributed by atoms with Crippen LogP contribution in [0.2, 0.25) is 0 Å². The van der Waals surface area contributed by atoms with Crippen molar-refractivity contribution < 1.29 is 14.3 Å². The summed E-state index contributed by atoms with van der Waals surface area (Å²) in [6, 6.07) is 0.0799. The highest BCUT2D eigenvalue weighted by atomic mass is 16.7. The van der Waals surface area contributed by atoms with Crippen LogP contribution in [-0.2, 0) is 14.3 Å². The van der Waals surface area contributed by atoms with Crippen LogP contribution >= 0.6 is 0 Å². The maximum Gasteiger partial charge on any atom is 0.220 e. The van der Waals surface area contributed by atoms with Crippen molar-refractivity contribution in [1.29, 1.82) is 0 Å². The SMILES string of the molecule is O=C1C[C@@H]2CC[C@H](N1)C1(C2)OCCO1. The number of fused-ring (bicyclic) bond motifs is 3. The van der Waals surface area contributed by atoms with Crippen molar-refractivity contribution in [3.05, 3.63) is 0 Å². The molecular weight excluding hydrogens is 182 g/mol. The van der Waals surface area contributed by atoms with Gasteiger partial charge in [-0.1, -0.05) is 0 Å². The summed E-state index contributed by atoms with van der Waals surface area (Å²) in [6.07, 6.45) is 3.65. The number of hydrogen-bond acceptors (Lipinski definition) is 3. The fourth-order valence-electron chi connectivity index (χ4n) is 2.93. The minimum absolute atomic E-state index is 0.0799. The van der Waals surface area contributed by atoms with E-state index >= 15 is 0 Å². The van der Waals surface area contributed by atoms with E-state index in [-0.39, 0.29) is 11.9 Å². The van der Waals surface area contributed by atoms with Crippen molar-refractivity contribution in [3.63, 3.8) is 0 Å². The fraction of sp³-hybridized carbons (Fsp3) is 0.900. The quantitative estimate of drug-likeness (QED) is 0.612. The van der Waals surface area contributed by atoms with Crippen LogP contribution in [0.25, 0.3) is 0 Å². The van der Waals surface area contributed by atoms with Gasteiger partial charge < -0.3 is 14.8 Å². The molecule has 4 fully saturated rings. The Morgan fingerprint density at radius 3 is 2.86 bits per heavy atom. The summed E-state index contributed by atoms with van der Waals surface area (Å²) in [7, 11) is 0. The number of amides is 1. The molecular formula is C10H15NO3. The maximum atomic E-state index is 11.5. The van der Waals surface area contributed by atoms with Crippen LogP contribution < -0.4 is 5.32 Å². The number of carbonyl (C=O) groups is 1. The molecule has 0 unspecified atom stereocenters. The molecule has 3 aliphatic heterocycles. The molecule has 2 bridgehead atoms. The lowest BCUT2D eigenvalue weighted by Crippen LogP contribution is -2.53. The largest absolute Gasteiger partial charge is 0.348 e. The Morgan fingerprint density at radius 1 is 1.29 bits per heavy atom. The number of ether oxygens (including phenoxy) is 2. The van der Waals surface area contributed by atoms with Crippen molar-refractivity contribution in [2.75, 3.05) is 13.2 Å². The summed E-state index contributed by atoms with van der Waals surface area (Å²) in [5.74, 6) is 0.134. The molecule has 3 heterocycles. The fourth-order valence-corrected chi connectivity index (χ4v) is 2.93. The predicted molar refractivity (Wildman–Crippen MR) is 48.5 cm³/mol. The summed E-state index contributed by atoms with van der Waals surface area (Å²) in [5.41, 5.74) is 0. The molecule has 1 N–H and O–H groups in total. The molecule has 1 aliphatic carbocycles. The van der Waals surface area contributed by atoms with Gasteiger partial charge in [0.1, 0.15) is 0 Å². The standard InChI is InChI=1S/C10H15NO3/c12-9-5-7-1-2-8(11-9)10(6-7)13-3-4-14-10/h7-8H,1-6H2,(H,11,12)/t7-,8-/m0/s1. The molecule has 14 heavy (non-hydrogen) atoms. The average molecular weight is 197 g/mol. The van der Waals surface area contributed by atoms with Gasteiger partial charge in [-0.15, -0.1) is 0 Å². The third-order valence-electron chi connectivity index (χ3n) is 3.55. The van der Waals surface area contributed by atoms with Crippen molar-refractivity contribution in [2.45, 2.75) is 37.5 Å². The first-order valence-corrected chi connectivity index (χ1v) is 5.36. The second-order valence-electron chi connectivity index (χ2n) is 4.48. The van der Waals surface area contributed by atoms with Crippen molar-refractivity contribution in [3.8, 4) is 0 Å². The maximum absolute atomic E-state index is 11.5. The summed E-state index contributed by atoms with van der Waals surface area (Å²) < 4.78 is 11.4. The van der Waals surface area contributed by atoms with Crippen LogP contribution in [0, 0.1) is 5.92 Å². The molecule has 3 saturated heterocycles. The summed E-state index contributed by atoms with van der Waals surface area (Å²) >= 11 is 0. The zero-order valence-electron chi connectivity index (χ0n) is 8.12. The van der Waals surface area contributed by atoms with Crippen LogP contribution in [-0.4, -0.2) is 30.9 Å². The lowest BCUT2D eigenvalue weighted by atomic mass is 9.82. The van der Waals surface area contributed by atoms with E-state index in [0.717, 1.165) is 19.3 Å². The Labute approximate surface area is 82.9 Å². The molecule has 4 heteroatoms. The van der Waals surface area contributed by atoms with E-state index in [9.17, 15) is 4.79 Å². The highest BCUT2D eigenvalue weighted by molar-refractivity contribution is 5.77. The Balaban J connectivity index is 1.90. The highest BCUT2D eigenvalue weighted by Crippen LogP contribution is 2.42. The van der Waals surface area contributed by atoms with Gasteiger partial charge in [0.15, 0.2) is 5.79 Å². The molecule has 1 amide bonds. The van der Waals surface area contributed by atoms with Crippen LogP contribution in [0.15, 0.2) is 0 Å². The van der Waals surface area contributed by atoms with Gasteiger partial charge in [0.05, 0.1) is 19.3 Å². The van der Waals surface area contributed by atoms with Gasteiger partial charge in [0, 0.05) is 12.8 Å². The van der Waals surface area contributed by atoms with Crippen LogP contribution in [0.1, 0.15) is 25.7 Å². The summed E-state index contributed by atoms with van der Waals surface area (Å²) in [6.45, 7) is 1.33. The minimum Gasteiger partial charge on any atom is -0.348 e. The first-order valence-electron chi connectivity index (χ1n) is 5.36. The third-order valence-corrected chi connectivity index (χ3v) is 3.55. The van der Waals surface area contributed by atoms with Gasteiger partial charge in [-0.2, -0.15) is 0 Å². The molecule has 0 aromatic carbocycles. The first kappa shape index (κ1) is 8.68. The van der Waals surface area contributed by atoms with Crippen molar-refractivity contribution >= 4 is 5.91 Å². The predicted octanol–water partition coefficient (Wildman–Crippen LogP) is 0.418. The van der Waals surface area contributed by atoms with Crippen LogP contribution in [0.4, 0.5) is 0 Å². The van der Waals surface area contributed by atoms with Gasteiger partial charge in [-0.3, -0.25) is 4.79 Å². The number of rotatable bonds is 0. The zero-order valence-corrected chi connectivity index (χ0v) is 8.12. The topological polar surface area (TPSA) is 47.6 Å². The third kappa shape index (κ3) is 1.17. The van der Waals surface area contributed by atoms with Crippen molar-refractivity contribution in [2.24, 2.45) is 5.92 Å². The second-order valence-corrected chi connectivity index (χ2v) is 4.48. The molecule has 0 aromatic rings. The molecule has 4 aliphatic rings. The summed E-state index contributed by atoms with van der Waals surface area (Å²) in [4.78, 5) is 11.5. The van der Waals surface area contributed by atoms with Gasteiger partial charge in [-0.05, 0) is 18.8 Å². The minimum atomic E-state index is -0.477. The molecule has 78 valence electrons. The monoisotopic (exact) mass is 197 g/mol. The molecule has 0 radical (unpaired) electrons. The lowest BCUT2D eigenvalue weighted by Gasteiger charge is -2.39. The van der Waals surface area contributed by atoms with E-state index in [1.165, 1.54) is 0 Å². The lowest BCUT2D eigenvalue weighted by molar-refractivity contribution is -0.199. The summed E-state index contributed by atoms with van der Waals surface area (Å²) in [5, 5.41) is 3.01. The number of hydrogen-bond donors (Lipinski definition) is 1. The molecule has 0 aromatic heterocycles. The van der Waals surface area contributed by atoms with E-state index in [2.05, 4.69) is 5.32 Å². The van der Waals surface area contributed by atoms with E-state index in [1.807, 2.05) is 0 Å². The number of carbonyl (C=O) groups excluding carboxylic acids is 1. The molecule has 4 rings (SSSR count). The van der Waals surface area contributed by atoms with E-state index in [4.69, 9.17) is 9.47 Å². The Morgan fingerprint density at radius 2 is 2.07 bits per heavy atom. The van der Waals surface area contributed by atoms with E-state index < -0.39 is 5.79 Å². The van der Waals surface area contributed by atoms with Crippen LogP contribution in [0.5, 0.6) is 0 Å². The average Bonchev–Trinajstić information content (AvgIpc) is 2.46. The van der Waals surface area contributed by atoms with Gasteiger partial charge in [0.2, 0.25) is 5.91 Å².